The maximum Gasteiger partial charge on any atom is 0.296 e. The monoisotopic (exact) mass is 440 g/mol. The van der Waals surface area contributed by atoms with E-state index in [2.05, 4.69) is 19.9 Å². The highest BCUT2D eigenvalue weighted by atomic mass is 32.2. The summed E-state index contributed by atoms with van der Waals surface area (Å²) < 4.78 is 34.5. The molecule has 0 bridgehead atoms. The Bertz CT molecular complexity index is 1200. The van der Waals surface area contributed by atoms with E-state index in [-0.39, 0.29) is 5.95 Å². The first kappa shape index (κ1) is 19.8. The van der Waals surface area contributed by atoms with Crippen LogP contribution in [0.25, 0.3) is 17.0 Å². The molecule has 1 saturated heterocycles. The molecule has 5 rings (SSSR count). The van der Waals surface area contributed by atoms with Gasteiger partial charge in [0.15, 0.2) is 11.0 Å². The van der Waals surface area contributed by atoms with E-state index in [9.17, 15) is 8.78 Å². The molecule has 0 atom stereocenters. The van der Waals surface area contributed by atoms with Gasteiger partial charge in [0.25, 0.3) is 6.43 Å². The van der Waals surface area contributed by atoms with Crippen LogP contribution in [0.1, 0.15) is 12.2 Å². The van der Waals surface area contributed by atoms with E-state index in [0.29, 0.717) is 48.4 Å². The maximum absolute atomic E-state index is 13.9. The van der Waals surface area contributed by atoms with Gasteiger partial charge in [-0.05, 0) is 36.0 Å². The number of nitrogens with zero attached hydrogens (tertiary/aromatic N) is 6. The van der Waals surface area contributed by atoms with Crippen molar-refractivity contribution in [3.8, 4) is 5.95 Å². The smallest absolute Gasteiger partial charge is 0.296 e. The lowest BCUT2D eigenvalue weighted by atomic mass is 10.3. The average molecular weight is 440 g/mol. The second-order valence-corrected chi connectivity index (χ2v) is 7.87. The quantitative estimate of drug-likeness (QED) is 0.462. The molecule has 1 aliphatic rings. The van der Waals surface area contributed by atoms with Crippen molar-refractivity contribution < 1.29 is 13.5 Å². The van der Waals surface area contributed by atoms with Crippen LogP contribution in [0.3, 0.4) is 0 Å². The molecule has 0 radical (unpaired) electrons. The molecular weight excluding hydrogens is 422 g/mol. The summed E-state index contributed by atoms with van der Waals surface area (Å²) >= 11 is 1.36. The van der Waals surface area contributed by atoms with Gasteiger partial charge in [-0.15, -0.1) is 0 Å². The zero-order valence-electron chi connectivity index (χ0n) is 16.4. The predicted octanol–water partition coefficient (Wildman–Crippen LogP) is 4.14. The Hall–Kier alpha value is -3.11. The summed E-state index contributed by atoms with van der Waals surface area (Å²) in [5.41, 5.74) is 0.982. The van der Waals surface area contributed by atoms with Crippen LogP contribution in [0.2, 0.25) is 0 Å². The van der Waals surface area contributed by atoms with Gasteiger partial charge in [-0.2, -0.15) is 15.0 Å². The first-order chi connectivity index (χ1) is 15.2. The molecule has 1 fully saturated rings. The van der Waals surface area contributed by atoms with Gasteiger partial charge in [0.2, 0.25) is 11.9 Å². The van der Waals surface area contributed by atoms with E-state index >= 15 is 0 Å². The van der Waals surface area contributed by atoms with Crippen LogP contribution in [0.4, 0.5) is 14.7 Å². The fourth-order valence-electron chi connectivity index (χ4n) is 3.38. The van der Waals surface area contributed by atoms with Gasteiger partial charge in [-0.3, -0.25) is 4.57 Å². The van der Waals surface area contributed by atoms with Crippen LogP contribution < -0.4 is 4.90 Å². The standard InChI is InChI=1S/C21H18F2N6OS/c22-17(23)18-24-15-8-4-5-9-16(15)29(18)20-25-19(28-10-12-30-13-11-28)26-21(27-20)31-14-6-2-1-3-7-14/h1-9,17H,10-13H2. The van der Waals surface area contributed by atoms with Crippen molar-refractivity contribution in [1.82, 2.24) is 24.5 Å². The number of imidazole rings is 1. The Balaban J connectivity index is 1.66. The summed E-state index contributed by atoms with van der Waals surface area (Å²) in [5, 5.41) is 0.427. The lowest BCUT2D eigenvalue weighted by Gasteiger charge is -2.27. The Morgan fingerprint density at radius 1 is 0.839 bits per heavy atom. The summed E-state index contributed by atoms with van der Waals surface area (Å²) in [6, 6.07) is 16.6. The van der Waals surface area contributed by atoms with Crippen LogP contribution in [-0.2, 0) is 4.74 Å². The topological polar surface area (TPSA) is 69.0 Å². The Morgan fingerprint density at radius 3 is 2.32 bits per heavy atom. The molecule has 3 heterocycles. The minimum absolute atomic E-state index is 0.124. The number of alkyl halides is 2. The third kappa shape index (κ3) is 4.08. The third-order valence-corrected chi connectivity index (χ3v) is 5.69. The lowest BCUT2D eigenvalue weighted by Crippen LogP contribution is -2.37. The fraction of sp³-hybridized carbons (Fsp3) is 0.238. The SMILES string of the molecule is FC(F)c1nc2ccccc2n1-c1nc(Sc2ccccc2)nc(N2CCOCC2)n1. The molecule has 0 aliphatic carbocycles. The van der Waals surface area contributed by atoms with Crippen LogP contribution in [0, 0.1) is 0 Å². The number of aromatic nitrogens is 5. The van der Waals surface area contributed by atoms with Gasteiger partial charge in [0.1, 0.15) is 0 Å². The van der Waals surface area contributed by atoms with Gasteiger partial charge in [0, 0.05) is 18.0 Å². The number of morpholine rings is 1. The zero-order chi connectivity index (χ0) is 21.2. The molecule has 2 aromatic heterocycles. The third-order valence-electron chi connectivity index (χ3n) is 4.82. The summed E-state index contributed by atoms with van der Waals surface area (Å²) in [4.78, 5) is 20.7. The molecule has 10 heteroatoms. The van der Waals surface area contributed by atoms with Crippen molar-refractivity contribution in [2.75, 3.05) is 31.2 Å². The summed E-state index contributed by atoms with van der Waals surface area (Å²) in [6.45, 7) is 2.34. The molecular formula is C21H18F2N6OS. The minimum Gasteiger partial charge on any atom is -0.378 e. The van der Waals surface area contributed by atoms with Gasteiger partial charge < -0.3 is 9.64 Å². The molecule has 1 aliphatic heterocycles. The average Bonchev–Trinajstić information content (AvgIpc) is 3.20. The van der Waals surface area contributed by atoms with Crippen LogP contribution in [0.15, 0.2) is 64.6 Å². The van der Waals surface area contributed by atoms with Crippen molar-refractivity contribution in [3.63, 3.8) is 0 Å². The minimum atomic E-state index is -2.78. The number of hydrogen-bond donors (Lipinski definition) is 0. The van der Waals surface area contributed by atoms with Crippen LogP contribution in [-0.4, -0.2) is 50.8 Å². The van der Waals surface area contributed by atoms with Gasteiger partial charge in [-0.1, -0.05) is 30.3 Å². The molecule has 0 unspecified atom stereocenters. The van der Waals surface area contributed by atoms with E-state index in [1.165, 1.54) is 16.3 Å². The largest absolute Gasteiger partial charge is 0.378 e. The molecule has 0 saturated carbocycles. The van der Waals surface area contributed by atoms with E-state index in [0.717, 1.165) is 4.90 Å². The fourth-order valence-corrected chi connectivity index (χ4v) is 4.14. The van der Waals surface area contributed by atoms with Gasteiger partial charge in [-0.25, -0.2) is 13.8 Å². The van der Waals surface area contributed by atoms with Gasteiger partial charge in [0.05, 0.1) is 24.2 Å². The second kappa shape index (κ2) is 8.56. The molecule has 31 heavy (non-hydrogen) atoms. The summed E-state index contributed by atoms with van der Waals surface area (Å²) in [7, 11) is 0. The Morgan fingerprint density at radius 2 is 1.55 bits per heavy atom. The van der Waals surface area contributed by atoms with E-state index in [1.807, 2.05) is 35.2 Å². The van der Waals surface area contributed by atoms with Crippen molar-refractivity contribution in [2.45, 2.75) is 16.5 Å². The van der Waals surface area contributed by atoms with Crippen molar-refractivity contribution >= 4 is 28.7 Å². The molecule has 4 aromatic rings. The number of ether oxygens (including phenoxy) is 1. The van der Waals surface area contributed by atoms with E-state index in [1.54, 1.807) is 24.3 Å². The molecule has 158 valence electrons. The van der Waals surface area contributed by atoms with Crippen molar-refractivity contribution in [2.24, 2.45) is 0 Å². The van der Waals surface area contributed by atoms with Crippen LogP contribution >= 0.6 is 11.8 Å². The number of benzene rings is 2. The molecule has 7 nitrogen and oxygen atoms in total. The van der Waals surface area contributed by atoms with E-state index in [4.69, 9.17) is 4.74 Å². The summed E-state index contributed by atoms with van der Waals surface area (Å²) in [6.07, 6.45) is -2.78. The second-order valence-electron chi connectivity index (χ2n) is 6.83. The van der Waals surface area contributed by atoms with Crippen molar-refractivity contribution in [3.05, 3.63) is 60.4 Å². The predicted molar refractivity (Wildman–Crippen MR) is 113 cm³/mol. The Kier molecular flexibility index (Phi) is 5.47. The number of halogens is 2. The highest BCUT2D eigenvalue weighted by Gasteiger charge is 2.24. The summed E-state index contributed by atoms with van der Waals surface area (Å²) in [5.74, 6) is 0.166. The first-order valence-corrected chi connectivity index (χ1v) is 10.6. The number of para-hydroxylation sites is 2. The first-order valence-electron chi connectivity index (χ1n) is 9.76. The van der Waals surface area contributed by atoms with Crippen molar-refractivity contribution in [1.29, 1.82) is 0 Å². The zero-order valence-corrected chi connectivity index (χ0v) is 17.2. The molecule has 2 aromatic carbocycles. The van der Waals surface area contributed by atoms with E-state index < -0.39 is 12.2 Å². The Labute approximate surface area is 181 Å². The number of hydrogen-bond acceptors (Lipinski definition) is 7. The maximum atomic E-state index is 13.9. The molecule has 0 N–H and O–H groups in total. The van der Waals surface area contributed by atoms with Crippen LogP contribution in [0.5, 0.6) is 0 Å². The molecule has 0 spiro atoms. The number of anilines is 1. The lowest BCUT2D eigenvalue weighted by molar-refractivity contribution is 0.122. The van der Waals surface area contributed by atoms with Gasteiger partial charge >= 0.3 is 0 Å². The highest BCUT2D eigenvalue weighted by molar-refractivity contribution is 7.99. The highest BCUT2D eigenvalue weighted by Crippen LogP contribution is 2.30. The number of fused-ring (bicyclic) bond motifs is 1. The normalized spacial score (nSPS) is 14.5. The molecule has 0 amide bonds. The number of rotatable bonds is 5.